The topological polar surface area (TPSA) is 75.9 Å². The largest absolute Gasteiger partial charge is 0.381 e. The van der Waals surface area contributed by atoms with Crippen LogP contribution in [0.2, 0.25) is 0 Å². The Labute approximate surface area is 121 Å². The molecule has 6 nitrogen and oxygen atoms in total. The summed E-state index contributed by atoms with van der Waals surface area (Å²) in [6, 6.07) is 0.00814. The summed E-state index contributed by atoms with van der Waals surface area (Å²) in [5.74, 6) is 1.02. The summed E-state index contributed by atoms with van der Waals surface area (Å²) >= 11 is 0. The van der Waals surface area contributed by atoms with Crippen LogP contribution in [0.4, 0.5) is 0 Å². The van der Waals surface area contributed by atoms with Crippen molar-refractivity contribution in [3.8, 4) is 0 Å². The molecular formula is C13H25N3O3S. The van der Waals surface area contributed by atoms with Crippen molar-refractivity contribution >= 4 is 10.2 Å². The normalized spacial score (nSPS) is 34.7. The van der Waals surface area contributed by atoms with E-state index in [0.29, 0.717) is 38.0 Å². The molecule has 0 aromatic rings. The number of hydrogen-bond acceptors (Lipinski definition) is 4. The number of ether oxygens (including phenoxy) is 1. The Balaban J connectivity index is 1.63. The molecule has 3 rings (SSSR count). The Morgan fingerprint density at radius 3 is 2.25 bits per heavy atom. The molecule has 2 atom stereocenters. The lowest BCUT2D eigenvalue weighted by Gasteiger charge is -2.33. The van der Waals surface area contributed by atoms with Crippen molar-refractivity contribution in [3.05, 3.63) is 0 Å². The van der Waals surface area contributed by atoms with Gasteiger partial charge in [0.25, 0.3) is 10.2 Å². The van der Waals surface area contributed by atoms with E-state index in [2.05, 4.69) is 0 Å². The van der Waals surface area contributed by atoms with Crippen LogP contribution in [0.3, 0.4) is 0 Å². The number of methoxy groups -OCH3 is 1. The first kappa shape index (κ1) is 14.7. The standard InChI is InChI=1S/C13H25N3O3S/c1-19-11-4-6-15(7-5-11)20(17,18)16-8-12(10-2-3-10)13(14)9-16/h10-13H,2-9,14H2,1H3/t12-,13+/m0/s1. The molecule has 2 saturated heterocycles. The van der Waals surface area contributed by atoms with Crippen molar-refractivity contribution in [1.29, 1.82) is 0 Å². The van der Waals surface area contributed by atoms with E-state index >= 15 is 0 Å². The van der Waals surface area contributed by atoms with Crippen LogP contribution in [0, 0.1) is 11.8 Å². The zero-order valence-electron chi connectivity index (χ0n) is 12.1. The molecule has 116 valence electrons. The molecular weight excluding hydrogens is 278 g/mol. The van der Waals surface area contributed by atoms with Gasteiger partial charge in [-0.2, -0.15) is 17.0 Å². The van der Waals surface area contributed by atoms with Crippen LogP contribution in [0.1, 0.15) is 25.7 Å². The first-order valence-electron chi connectivity index (χ1n) is 7.56. The average molecular weight is 303 g/mol. The number of piperidine rings is 1. The fourth-order valence-corrected chi connectivity index (χ4v) is 5.21. The first-order valence-corrected chi connectivity index (χ1v) is 8.95. The van der Waals surface area contributed by atoms with Crippen LogP contribution in [0.25, 0.3) is 0 Å². The van der Waals surface area contributed by atoms with E-state index in [1.54, 1.807) is 15.7 Å². The molecule has 7 heteroatoms. The molecule has 0 radical (unpaired) electrons. The maximum absolute atomic E-state index is 12.7. The maximum Gasteiger partial charge on any atom is 0.282 e. The van der Waals surface area contributed by atoms with Gasteiger partial charge in [-0.15, -0.1) is 0 Å². The molecule has 2 N–H and O–H groups in total. The number of nitrogens with two attached hydrogens (primary N) is 1. The fourth-order valence-electron chi connectivity index (χ4n) is 3.49. The van der Waals surface area contributed by atoms with Crippen LogP contribution >= 0.6 is 0 Å². The number of rotatable bonds is 4. The van der Waals surface area contributed by atoms with Gasteiger partial charge in [-0.3, -0.25) is 0 Å². The fraction of sp³-hybridized carbons (Fsp3) is 1.00. The predicted octanol–water partition coefficient (Wildman–Crippen LogP) is 0.0111. The Morgan fingerprint density at radius 1 is 1.05 bits per heavy atom. The zero-order chi connectivity index (χ0) is 14.3. The minimum atomic E-state index is -3.33. The zero-order valence-corrected chi connectivity index (χ0v) is 12.9. The lowest BCUT2D eigenvalue weighted by atomic mass is 9.99. The summed E-state index contributed by atoms with van der Waals surface area (Å²) in [6.07, 6.45) is 4.18. The number of nitrogens with zero attached hydrogens (tertiary/aromatic N) is 2. The molecule has 20 heavy (non-hydrogen) atoms. The monoisotopic (exact) mass is 303 g/mol. The molecule has 3 fully saturated rings. The quantitative estimate of drug-likeness (QED) is 0.794. The van der Waals surface area contributed by atoms with E-state index in [0.717, 1.165) is 12.8 Å². The number of hydrogen-bond donors (Lipinski definition) is 1. The van der Waals surface area contributed by atoms with Gasteiger partial charge in [0.1, 0.15) is 0 Å². The van der Waals surface area contributed by atoms with Crippen LogP contribution in [0.5, 0.6) is 0 Å². The highest BCUT2D eigenvalue weighted by Gasteiger charge is 2.45. The Bertz CT molecular complexity index is 444. The predicted molar refractivity (Wildman–Crippen MR) is 76.3 cm³/mol. The van der Waals surface area contributed by atoms with Crippen molar-refractivity contribution in [3.63, 3.8) is 0 Å². The van der Waals surface area contributed by atoms with E-state index in [9.17, 15) is 8.42 Å². The Kier molecular flexibility index (Phi) is 4.07. The minimum absolute atomic E-state index is 0.00814. The van der Waals surface area contributed by atoms with Crippen molar-refractivity contribution < 1.29 is 13.2 Å². The lowest BCUT2D eigenvalue weighted by molar-refractivity contribution is 0.0592. The molecule has 0 aromatic heterocycles. The Hall–Kier alpha value is -0.210. The van der Waals surface area contributed by atoms with Crippen molar-refractivity contribution in [2.45, 2.75) is 37.8 Å². The van der Waals surface area contributed by atoms with Gasteiger partial charge in [0, 0.05) is 39.3 Å². The van der Waals surface area contributed by atoms with Crippen molar-refractivity contribution in [2.75, 3.05) is 33.3 Å². The van der Waals surface area contributed by atoms with Gasteiger partial charge in [0.15, 0.2) is 0 Å². The Morgan fingerprint density at radius 2 is 1.70 bits per heavy atom. The third-order valence-electron chi connectivity index (χ3n) is 4.99. The van der Waals surface area contributed by atoms with Gasteiger partial charge in [-0.25, -0.2) is 0 Å². The molecule has 0 amide bonds. The highest BCUT2D eigenvalue weighted by Crippen LogP contribution is 2.41. The van der Waals surface area contributed by atoms with E-state index in [4.69, 9.17) is 10.5 Å². The van der Waals surface area contributed by atoms with E-state index in [1.165, 1.54) is 12.8 Å². The van der Waals surface area contributed by atoms with Crippen molar-refractivity contribution in [2.24, 2.45) is 17.6 Å². The molecule has 0 unspecified atom stereocenters. The van der Waals surface area contributed by atoms with Crippen LogP contribution in [-0.4, -0.2) is 62.5 Å². The molecule has 1 aliphatic carbocycles. The molecule has 0 bridgehead atoms. The van der Waals surface area contributed by atoms with E-state index < -0.39 is 10.2 Å². The molecule has 3 aliphatic rings. The summed E-state index contributed by atoms with van der Waals surface area (Å²) in [5.41, 5.74) is 6.14. The van der Waals surface area contributed by atoms with Crippen LogP contribution in [0.15, 0.2) is 0 Å². The second-order valence-electron chi connectivity index (χ2n) is 6.32. The lowest BCUT2D eigenvalue weighted by Crippen LogP contribution is -2.48. The second kappa shape index (κ2) is 5.53. The van der Waals surface area contributed by atoms with Crippen LogP contribution < -0.4 is 5.73 Å². The first-order chi connectivity index (χ1) is 9.52. The molecule has 2 heterocycles. The van der Waals surface area contributed by atoms with Crippen LogP contribution in [-0.2, 0) is 14.9 Å². The van der Waals surface area contributed by atoms with E-state index in [-0.39, 0.29) is 12.1 Å². The van der Waals surface area contributed by atoms with Crippen molar-refractivity contribution in [1.82, 2.24) is 8.61 Å². The summed E-state index contributed by atoms with van der Waals surface area (Å²) in [6.45, 7) is 2.20. The van der Waals surface area contributed by atoms with Gasteiger partial charge in [0.05, 0.1) is 6.10 Å². The highest BCUT2D eigenvalue weighted by molar-refractivity contribution is 7.86. The second-order valence-corrected chi connectivity index (χ2v) is 8.25. The summed E-state index contributed by atoms with van der Waals surface area (Å²) < 4.78 is 33.8. The SMILES string of the molecule is COC1CCN(S(=O)(=O)N2C[C@@H](N)[C@H](C3CC3)C2)CC1. The summed E-state index contributed by atoms with van der Waals surface area (Å²) in [4.78, 5) is 0. The van der Waals surface area contributed by atoms with Gasteiger partial charge in [0.2, 0.25) is 0 Å². The van der Waals surface area contributed by atoms with Gasteiger partial charge in [-0.05, 0) is 37.5 Å². The molecule has 0 aromatic carbocycles. The maximum atomic E-state index is 12.7. The van der Waals surface area contributed by atoms with Gasteiger partial charge >= 0.3 is 0 Å². The smallest absolute Gasteiger partial charge is 0.282 e. The third-order valence-corrected chi connectivity index (χ3v) is 6.96. The summed E-state index contributed by atoms with van der Waals surface area (Å²) in [7, 11) is -1.64. The van der Waals surface area contributed by atoms with Gasteiger partial charge < -0.3 is 10.5 Å². The average Bonchev–Trinajstić information content (AvgIpc) is 3.21. The third kappa shape index (κ3) is 2.74. The van der Waals surface area contributed by atoms with Gasteiger partial charge in [-0.1, -0.05) is 0 Å². The highest BCUT2D eigenvalue weighted by atomic mass is 32.2. The molecule has 1 saturated carbocycles. The van der Waals surface area contributed by atoms with E-state index in [1.807, 2.05) is 0 Å². The molecule has 0 spiro atoms. The molecule has 2 aliphatic heterocycles. The summed E-state index contributed by atoms with van der Waals surface area (Å²) in [5, 5.41) is 0. The minimum Gasteiger partial charge on any atom is -0.381 e.